The Morgan fingerprint density at radius 1 is 1.28 bits per heavy atom. The number of amides is 1. The monoisotopic (exact) mass is 343 g/mol. The van der Waals surface area contributed by atoms with Gasteiger partial charge in [-0.05, 0) is 36.0 Å². The number of aromatic nitrogens is 2. The van der Waals surface area contributed by atoms with E-state index in [0.717, 1.165) is 24.3 Å². The van der Waals surface area contributed by atoms with Crippen molar-refractivity contribution in [2.24, 2.45) is 5.41 Å². The molecule has 25 heavy (non-hydrogen) atoms. The number of carbonyl (C=O) groups is 1. The van der Waals surface area contributed by atoms with E-state index in [1.54, 1.807) is 6.92 Å². The van der Waals surface area contributed by atoms with Gasteiger partial charge in [-0.2, -0.15) is 4.98 Å². The molecule has 2 aliphatic rings. The van der Waals surface area contributed by atoms with Gasteiger partial charge in [0.2, 0.25) is 18.6 Å². The van der Waals surface area contributed by atoms with Crippen molar-refractivity contribution in [1.82, 2.24) is 15.0 Å². The number of ether oxygens (including phenoxy) is 2. The quantitative estimate of drug-likeness (QED) is 0.849. The van der Waals surface area contributed by atoms with Crippen LogP contribution in [0.1, 0.15) is 37.0 Å². The molecule has 0 radical (unpaired) electrons. The lowest BCUT2D eigenvalue weighted by molar-refractivity contribution is -0.138. The molecule has 0 aliphatic carbocycles. The van der Waals surface area contributed by atoms with Crippen molar-refractivity contribution in [3.05, 3.63) is 35.5 Å². The number of nitrogens with zero attached hydrogens (tertiary/aromatic N) is 3. The highest BCUT2D eigenvalue weighted by Crippen LogP contribution is 2.38. The molecular weight excluding hydrogens is 322 g/mol. The van der Waals surface area contributed by atoms with E-state index in [2.05, 4.69) is 23.1 Å². The van der Waals surface area contributed by atoms with Crippen molar-refractivity contribution in [2.45, 2.75) is 39.7 Å². The van der Waals surface area contributed by atoms with Gasteiger partial charge in [0.15, 0.2) is 17.3 Å². The summed E-state index contributed by atoms with van der Waals surface area (Å²) in [6.45, 7) is 5.32. The van der Waals surface area contributed by atoms with Crippen LogP contribution in [0.5, 0.6) is 11.5 Å². The highest BCUT2D eigenvalue weighted by molar-refractivity contribution is 5.77. The van der Waals surface area contributed by atoms with E-state index in [9.17, 15) is 4.79 Å². The molecule has 1 aromatic heterocycles. The van der Waals surface area contributed by atoms with E-state index >= 15 is 0 Å². The Kier molecular flexibility index (Phi) is 3.86. The number of benzene rings is 1. The summed E-state index contributed by atoms with van der Waals surface area (Å²) in [7, 11) is 0. The molecule has 2 aliphatic heterocycles. The van der Waals surface area contributed by atoms with E-state index in [0.29, 0.717) is 31.2 Å². The number of hydrogen-bond donors (Lipinski definition) is 0. The maximum absolute atomic E-state index is 12.3. The number of likely N-dealkylation sites (tertiary alicyclic amines) is 1. The number of piperidine rings is 1. The fourth-order valence-corrected chi connectivity index (χ4v) is 3.60. The van der Waals surface area contributed by atoms with Crippen LogP contribution in [0.25, 0.3) is 0 Å². The van der Waals surface area contributed by atoms with Crippen LogP contribution >= 0.6 is 0 Å². The minimum absolute atomic E-state index is 0.000385. The third-order valence-electron chi connectivity index (χ3n) is 4.84. The van der Waals surface area contributed by atoms with E-state index < -0.39 is 0 Å². The first-order chi connectivity index (χ1) is 12.0. The molecule has 7 nitrogen and oxygen atoms in total. The third kappa shape index (κ3) is 3.31. The minimum Gasteiger partial charge on any atom is -0.454 e. The Labute approximate surface area is 145 Å². The highest BCUT2D eigenvalue weighted by Gasteiger charge is 2.35. The zero-order chi connectivity index (χ0) is 17.4. The van der Waals surface area contributed by atoms with Crippen LogP contribution in [0.4, 0.5) is 0 Å². The number of rotatable bonds is 4. The molecule has 3 heterocycles. The summed E-state index contributed by atoms with van der Waals surface area (Å²) in [6, 6.07) is 6.06. The minimum atomic E-state index is 0.000385. The molecule has 1 fully saturated rings. The molecular formula is C18H21N3O4. The lowest BCUT2D eigenvalue weighted by atomic mass is 9.76. The fraction of sp³-hybridized carbons (Fsp3) is 0.500. The third-order valence-corrected chi connectivity index (χ3v) is 4.84. The van der Waals surface area contributed by atoms with Gasteiger partial charge in [-0.25, -0.2) is 0 Å². The molecule has 0 bridgehead atoms. The van der Waals surface area contributed by atoms with Crippen molar-refractivity contribution in [3.8, 4) is 11.5 Å². The van der Waals surface area contributed by atoms with E-state index in [4.69, 9.17) is 14.0 Å². The van der Waals surface area contributed by atoms with Crippen LogP contribution in [0.3, 0.4) is 0 Å². The van der Waals surface area contributed by atoms with Crippen LogP contribution in [0.15, 0.2) is 22.7 Å². The van der Waals surface area contributed by atoms with Gasteiger partial charge in [0.25, 0.3) is 0 Å². The van der Waals surface area contributed by atoms with Gasteiger partial charge in [-0.15, -0.1) is 0 Å². The summed E-state index contributed by atoms with van der Waals surface area (Å²) >= 11 is 0. The number of aryl methyl sites for hydroxylation is 1. The number of fused-ring (bicyclic) bond motifs is 1. The summed E-state index contributed by atoms with van der Waals surface area (Å²) in [5, 5.41) is 3.90. The molecule has 0 saturated carbocycles. The topological polar surface area (TPSA) is 77.7 Å². The standard InChI is InChI=1S/C18H21N3O4/c1-12-19-16(20-25-12)9-21-10-18(2,6-5-17(21)22)8-13-3-4-14-15(7-13)24-11-23-14/h3-4,7H,5-6,8-11H2,1-2H3/t18-/m0/s1. The van der Waals surface area contributed by atoms with Gasteiger partial charge in [0.05, 0.1) is 6.54 Å². The first kappa shape index (κ1) is 15.9. The van der Waals surface area contributed by atoms with Crippen LogP contribution in [0, 0.1) is 12.3 Å². The van der Waals surface area contributed by atoms with Crippen molar-refractivity contribution in [3.63, 3.8) is 0 Å². The van der Waals surface area contributed by atoms with Gasteiger partial charge >= 0.3 is 0 Å². The Balaban J connectivity index is 1.48. The predicted octanol–water partition coefficient (Wildman–Crippen LogP) is 2.48. The summed E-state index contributed by atoms with van der Waals surface area (Å²) < 4.78 is 15.8. The van der Waals surface area contributed by atoms with Crippen LogP contribution in [-0.4, -0.2) is 34.3 Å². The highest BCUT2D eigenvalue weighted by atomic mass is 16.7. The molecule has 0 N–H and O–H groups in total. The Bertz CT molecular complexity index is 803. The van der Waals surface area contributed by atoms with Crippen molar-refractivity contribution >= 4 is 5.91 Å². The SMILES string of the molecule is Cc1nc(CN2C[C@](C)(Cc3ccc4c(c3)OCO4)CCC2=O)no1. The largest absolute Gasteiger partial charge is 0.454 e. The molecule has 0 unspecified atom stereocenters. The van der Waals surface area contributed by atoms with Crippen molar-refractivity contribution < 1.29 is 18.8 Å². The Morgan fingerprint density at radius 3 is 2.92 bits per heavy atom. The molecule has 1 saturated heterocycles. The lowest BCUT2D eigenvalue weighted by Crippen LogP contribution is -2.45. The molecule has 132 valence electrons. The molecule has 1 amide bonds. The first-order valence-corrected chi connectivity index (χ1v) is 8.46. The smallest absolute Gasteiger partial charge is 0.231 e. The van der Waals surface area contributed by atoms with E-state index in [-0.39, 0.29) is 18.1 Å². The number of hydrogen-bond acceptors (Lipinski definition) is 6. The summed E-state index contributed by atoms with van der Waals surface area (Å²) in [5.41, 5.74) is 1.19. The average molecular weight is 343 g/mol. The van der Waals surface area contributed by atoms with E-state index in [1.807, 2.05) is 17.0 Å². The molecule has 7 heteroatoms. The molecule has 1 atom stereocenters. The second kappa shape index (κ2) is 6.06. The fourth-order valence-electron chi connectivity index (χ4n) is 3.60. The van der Waals surface area contributed by atoms with Gasteiger partial charge in [0.1, 0.15) is 0 Å². The average Bonchev–Trinajstić information content (AvgIpc) is 3.19. The van der Waals surface area contributed by atoms with Crippen LogP contribution in [-0.2, 0) is 17.8 Å². The van der Waals surface area contributed by atoms with Gasteiger partial charge in [0, 0.05) is 19.9 Å². The van der Waals surface area contributed by atoms with Crippen LogP contribution < -0.4 is 9.47 Å². The molecule has 0 spiro atoms. The molecule has 2 aromatic rings. The zero-order valence-electron chi connectivity index (χ0n) is 14.4. The van der Waals surface area contributed by atoms with Crippen LogP contribution in [0.2, 0.25) is 0 Å². The summed E-state index contributed by atoms with van der Waals surface area (Å²) in [4.78, 5) is 18.3. The maximum Gasteiger partial charge on any atom is 0.231 e. The van der Waals surface area contributed by atoms with E-state index in [1.165, 1.54) is 5.56 Å². The van der Waals surface area contributed by atoms with Gasteiger partial charge in [-0.1, -0.05) is 18.1 Å². The maximum atomic E-state index is 12.3. The van der Waals surface area contributed by atoms with Gasteiger partial charge in [-0.3, -0.25) is 4.79 Å². The predicted molar refractivity (Wildman–Crippen MR) is 88.1 cm³/mol. The number of carbonyl (C=O) groups excluding carboxylic acids is 1. The van der Waals surface area contributed by atoms with Crippen molar-refractivity contribution in [2.75, 3.05) is 13.3 Å². The normalized spacial score (nSPS) is 22.5. The Morgan fingerprint density at radius 2 is 2.12 bits per heavy atom. The molecule has 4 rings (SSSR count). The summed E-state index contributed by atoms with van der Waals surface area (Å²) in [5.74, 6) is 2.81. The van der Waals surface area contributed by atoms with Gasteiger partial charge < -0.3 is 18.9 Å². The molecule has 1 aromatic carbocycles. The van der Waals surface area contributed by atoms with Crippen molar-refractivity contribution in [1.29, 1.82) is 0 Å². The first-order valence-electron chi connectivity index (χ1n) is 8.46. The second-order valence-corrected chi connectivity index (χ2v) is 7.15. The lowest BCUT2D eigenvalue weighted by Gasteiger charge is -2.40. The Hall–Kier alpha value is -2.57. The second-order valence-electron chi connectivity index (χ2n) is 7.15. The summed E-state index contributed by atoms with van der Waals surface area (Å²) in [6.07, 6.45) is 2.28. The zero-order valence-corrected chi connectivity index (χ0v) is 14.4.